The number of carbonyl (C=O) groups is 1. The number of benzene rings is 1. The molecule has 0 unspecified atom stereocenters. The molecule has 1 fully saturated rings. The molecule has 1 amide bonds. The minimum Gasteiger partial charge on any atom is -0.350 e. The molecular formula is C14H14ClF2N3OS. The first-order chi connectivity index (χ1) is 10.1. The lowest BCUT2D eigenvalue weighted by atomic mass is 10.0. The molecule has 0 aliphatic carbocycles. The number of amides is 1. The maximum absolute atomic E-state index is 13.7. The number of carbonyl (C=O) groups excluding carboxylic acids is 1. The van der Waals surface area contributed by atoms with Gasteiger partial charge >= 0.3 is 0 Å². The second-order valence-electron chi connectivity index (χ2n) is 4.87. The van der Waals surface area contributed by atoms with Crippen LogP contribution in [0.5, 0.6) is 0 Å². The molecule has 22 heavy (non-hydrogen) atoms. The van der Waals surface area contributed by atoms with Crippen LogP contribution in [0.1, 0.15) is 10.5 Å². The molecule has 3 rings (SSSR count). The number of hydrogen-bond donors (Lipinski definition) is 2. The third kappa shape index (κ3) is 3.43. The van der Waals surface area contributed by atoms with E-state index in [1.807, 2.05) is 0 Å². The third-order valence-corrected chi connectivity index (χ3v) is 4.19. The van der Waals surface area contributed by atoms with Crippen LogP contribution in [-0.4, -0.2) is 30.5 Å². The van der Waals surface area contributed by atoms with Crippen molar-refractivity contribution in [3.8, 4) is 10.6 Å². The second-order valence-corrected chi connectivity index (χ2v) is 5.73. The van der Waals surface area contributed by atoms with E-state index >= 15 is 0 Å². The lowest BCUT2D eigenvalue weighted by Gasteiger charge is -2.26. The van der Waals surface area contributed by atoms with Gasteiger partial charge in [-0.1, -0.05) is 6.07 Å². The molecule has 1 aliphatic heterocycles. The molecule has 0 saturated carbocycles. The molecule has 2 heterocycles. The Morgan fingerprint density at radius 3 is 2.64 bits per heavy atom. The van der Waals surface area contributed by atoms with Crippen LogP contribution in [0.15, 0.2) is 23.6 Å². The molecule has 2 aromatic rings. The maximum atomic E-state index is 13.7. The van der Waals surface area contributed by atoms with Crippen LogP contribution in [0.25, 0.3) is 10.6 Å². The van der Waals surface area contributed by atoms with Crippen LogP contribution in [-0.2, 0) is 0 Å². The first-order valence-corrected chi connectivity index (χ1v) is 7.42. The summed E-state index contributed by atoms with van der Waals surface area (Å²) in [7, 11) is 0. The molecule has 0 radical (unpaired) electrons. The van der Waals surface area contributed by atoms with Gasteiger partial charge in [0.05, 0.1) is 5.56 Å². The number of nitrogens with one attached hydrogen (secondary N) is 2. The molecule has 4 nitrogen and oxygen atoms in total. The van der Waals surface area contributed by atoms with Gasteiger partial charge in [-0.15, -0.1) is 23.7 Å². The highest BCUT2D eigenvalue weighted by Gasteiger charge is 2.20. The van der Waals surface area contributed by atoms with Crippen molar-refractivity contribution >= 4 is 29.7 Å². The summed E-state index contributed by atoms with van der Waals surface area (Å²) in [5, 5.41) is 7.56. The SMILES string of the molecule is Cl.O=C(NCC1CNC1)c1csc(-c2c(F)cccc2F)n1. The number of aromatic nitrogens is 1. The summed E-state index contributed by atoms with van der Waals surface area (Å²) < 4.78 is 27.3. The van der Waals surface area contributed by atoms with E-state index in [0.29, 0.717) is 12.5 Å². The Morgan fingerprint density at radius 1 is 1.36 bits per heavy atom. The van der Waals surface area contributed by atoms with Crippen molar-refractivity contribution in [2.75, 3.05) is 19.6 Å². The first kappa shape index (κ1) is 16.8. The van der Waals surface area contributed by atoms with Crippen LogP contribution in [0.3, 0.4) is 0 Å². The van der Waals surface area contributed by atoms with Crippen molar-refractivity contribution in [1.29, 1.82) is 0 Å². The van der Waals surface area contributed by atoms with Gasteiger partial charge < -0.3 is 10.6 Å². The molecule has 0 bridgehead atoms. The van der Waals surface area contributed by atoms with Gasteiger partial charge in [-0.05, 0) is 12.1 Å². The summed E-state index contributed by atoms with van der Waals surface area (Å²) in [6.07, 6.45) is 0. The van der Waals surface area contributed by atoms with E-state index in [4.69, 9.17) is 0 Å². The van der Waals surface area contributed by atoms with E-state index in [9.17, 15) is 13.6 Å². The molecule has 1 aromatic heterocycles. The average molecular weight is 346 g/mol. The van der Waals surface area contributed by atoms with Gasteiger partial charge in [0.2, 0.25) is 0 Å². The Balaban J connectivity index is 0.00000176. The van der Waals surface area contributed by atoms with E-state index in [1.165, 1.54) is 23.6 Å². The predicted molar refractivity (Wildman–Crippen MR) is 83.4 cm³/mol. The number of thiazole rings is 1. The lowest BCUT2D eigenvalue weighted by Crippen LogP contribution is -2.48. The molecule has 8 heteroatoms. The van der Waals surface area contributed by atoms with Crippen molar-refractivity contribution < 1.29 is 13.6 Å². The fourth-order valence-electron chi connectivity index (χ4n) is 2.02. The zero-order chi connectivity index (χ0) is 14.8. The quantitative estimate of drug-likeness (QED) is 0.895. The average Bonchev–Trinajstić information content (AvgIpc) is 2.86. The van der Waals surface area contributed by atoms with Crippen LogP contribution in [0.2, 0.25) is 0 Å². The number of rotatable bonds is 4. The standard InChI is InChI=1S/C14H13F2N3OS.ClH/c15-9-2-1-3-10(16)12(9)14-19-11(7-21-14)13(20)18-6-8-4-17-5-8;/h1-3,7-8,17H,4-6H2,(H,18,20);1H. The van der Waals surface area contributed by atoms with Crippen LogP contribution in [0, 0.1) is 17.6 Å². The topological polar surface area (TPSA) is 54.0 Å². The van der Waals surface area contributed by atoms with Crippen molar-refractivity contribution in [2.24, 2.45) is 5.92 Å². The van der Waals surface area contributed by atoms with Crippen LogP contribution < -0.4 is 10.6 Å². The van der Waals surface area contributed by atoms with Crippen LogP contribution >= 0.6 is 23.7 Å². The zero-order valence-corrected chi connectivity index (χ0v) is 13.1. The minimum absolute atomic E-state index is 0. The van der Waals surface area contributed by atoms with Gasteiger partial charge in [0.1, 0.15) is 22.3 Å². The van der Waals surface area contributed by atoms with Gasteiger partial charge in [-0.25, -0.2) is 13.8 Å². The van der Waals surface area contributed by atoms with Crippen molar-refractivity contribution in [2.45, 2.75) is 0 Å². The Bertz CT molecular complexity index is 656. The Labute approximate surface area is 136 Å². The predicted octanol–water partition coefficient (Wildman–Crippen LogP) is 2.46. The highest BCUT2D eigenvalue weighted by molar-refractivity contribution is 7.13. The van der Waals surface area contributed by atoms with Crippen molar-refractivity contribution in [3.05, 3.63) is 40.9 Å². The summed E-state index contributed by atoms with van der Waals surface area (Å²) in [6, 6.07) is 3.63. The number of halogens is 3. The molecule has 0 spiro atoms. The Morgan fingerprint density at radius 2 is 2.05 bits per heavy atom. The second kappa shape index (κ2) is 7.13. The van der Waals surface area contributed by atoms with Gasteiger partial charge in [0.15, 0.2) is 0 Å². The molecule has 2 N–H and O–H groups in total. The summed E-state index contributed by atoms with van der Waals surface area (Å²) in [6.45, 7) is 2.36. The smallest absolute Gasteiger partial charge is 0.270 e. The fraction of sp³-hybridized carbons (Fsp3) is 0.286. The van der Waals surface area contributed by atoms with E-state index in [0.717, 1.165) is 24.4 Å². The monoisotopic (exact) mass is 345 g/mol. The van der Waals surface area contributed by atoms with Gasteiger partial charge in [-0.2, -0.15) is 0 Å². The van der Waals surface area contributed by atoms with E-state index in [2.05, 4.69) is 15.6 Å². The summed E-state index contributed by atoms with van der Waals surface area (Å²) in [4.78, 5) is 16.0. The van der Waals surface area contributed by atoms with Crippen molar-refractivity contribution in [1.82, 2.24) is 15.6 Å². The fourth-order valence-corrected chi connectivity index (χ4v) is 2.86. The largest absolute Gasteiger partial charge is 0.350 e. The molecule has 118 valence electrons. The maximum Gasteiger partial charge on any atom is 0.270 e. The van der Waals surface area contributed by atoms with E-state index in [-0.39, 0.29) is 34.6 Å². The van der Waals surface area contributed by atoms with E-state index < -0.39 is 11.6 Å². The minimum atomic E-state index is -0.683. The number of nitrogens with zero attached hydrogens (tertiary/aromatic N) is 1. The Hall–Kier alpha value is -1.57. The lowest BCUT2D eigenvalue weighted by molar-refractivity contribution is 0.0938. The van der Waals surface area contributed by atoms with E-state index in [1.54, 1.807) is 0 Å². The van der Waals surface area contributed by atoms with Gasteiger partial charge in [-0.3, -0.25) is 4.79 Å². The zero-order valence-electron chi connectivity index (χ0n) is 11.4. The molecule has 1 aliphatic rings. The summed E-state index contributed by atoms with van der Waals surface area (Å²) in [5.41, 5.74) is -0.00493. The molecule has 1 saturated heterocycles. The Kier molecular flexibility index (Phi) is 5.44. The summed E-state index contributed by atoms with van der Waals surface area (Å²) in [5.74, 6) is -1.24. The summed E-state index contributed by atoms with van der Waals surface area (Å²) >= 11 is 1.05. The van der Waals surface area contributed by atoms with Crippen molar-refractivity contribution in [3.63, 3.8) is 0 Å². The molecule has 1 aromatic carbocycles. The molecule has 0 atom stereocenters. The first-order valence-electron chi connectivity index (χ1n) is 6.54. The molecular weight excluding hydrogens is 332 g/mol. The third-order valence-electron chi connectivity index (χ3n) is 3.33. The van der Waals surface area contributed by atoms with Crippen LogP contribution in [0.4, 0.5) is 8.78 Å². The normalized spacial score (nSPS) is 14.1. The highest BCUT2D eigenvalue weighted by atomic mass is 35.5. The highest BCUT2D eigenvalue weighted by Crippen LogP contribution is 2.28. The number of hydrogen-bond acceptors (Lipinski definition) is 4. The van der Waals surface area contributed by atoms with Gasteiger partial charge in [0.25, 0.3) is 5.91 Å². The van der Waals surface area contributed by atoms with Gasteiger partial charge in [0, 0.05) is 30.9 Å².